The molecule has 2 aromatic heterocycles. The van der Waals surface area contributed by atoms with Gasteiger partial charge in [-0.25, -0.2) is 15.0 Å². The number of nitrogens with zero attached hydrogens (tertiary/aromatic N) is 4. The van der Waals surface area contributed by atoms with Gasteiger partial charge in [0.1, 0.15) is 4.60 Å². The summed E-state index contributed by atoms with van der Waals surface area (Å²) in [5.74, 6) is 0. The van der Waals surface area contributed by atoms with Crippen molar-refractivity contribution >= 4 is 39.0 Å². The van der Waals surface area contributed by atoms with E-state index in [-0.39, 0.29) is 0 Å². The molecule has 0 amide bonds. The summed E-state index contributed by atoms with van der Waals surface area (Å²) < 4.78 is 2.64. The van der Waals surface area contributed by atoms with Gasteiger partial charge in [-0.15, -0.1) is 0 Å². The Morgan fingerprint density at radius 3 is 2.92 bits per heavy atom. The van der Waals surface area contributed by atoms with Crippen LogP contribution in [0.25, 0.3) is 11.3 Å². The highest BCUT2D eigenvalue weighted by atomic mass is 79.9. The van der Waals surface area contributed by atoms with Gasteiger partial charge in [-0.05, 0) is 22.2 Å². The van der Waals surface area contributed by atoms with E-state index in [1.54, 1.807) is 18.0 Å². The molecule has 4 nitrogen and oxygen atoms in total. The summed E-state index contributed by atoms with van der Waals surface area (Å²) in [5.41, 5.74) is 1.49. The summed E-state index contributed by atoms with van der Waals surface area (Å²) in [5, 5.41) is 0.924. The minimum absolute atomic E-state index is 0.682. The van der Waals surface area contributed by atoms with Crippen molar-refractivity contribution in [1.82, 2.24) is 19.5 Å². The molecule has 0 atom stereocenters. The summed E-state index contributed by atoms with van der Waals surface area (Å²) >= 11 is 4.84. The molecule has 0 unspecified atom stereocenters. The van der Waals surface area contributed by atoms with Crippen LogP contribution < -0.4 is 0 Å². The zero-order chi connectivity index (χ0) is 9.42. The topological polar surface area (TPSA) is 43.6 Å². The Kier molecular flexibility index (Phi) is 2.25. The molecule has 0 aliphatic carbocycles. The fourth-order valence-electron chi connectivity index (χ4n) is 1.10. The lowest BCUT2D eigenvalue weighted by Gasteiger charge is -1.95. The standard InChI is InChI=1S/C7H7BrN4S/c1-12-6-5(11-7(12)13-2)10-4(8)3-9-6/h3H,1-2H3. The number of hydrogen-bond acceptors (Lipinski definition) is 4. The summed E-state index contributed by atoms with van der Waals surface area (Å²) in [6, 6.07) is 0. The van der Waals surface area contributed by atoms with Crippen molar-refractivity contribution in [2.75, 3.05) is 6.26 Å². The third-order valence-corrected chi connectivity index (χ3v) is 2.81. The van der Waals surface area contributed by atoms with E-state index in [1.165, 1.54) is 0 Å². The van der Waals surface area contributed by atoms with E-state index in [2.05, 4.69) is 30.9 Å². The maximum absolute atomic E-state index is 4.31. The van der Waals surface area contributed by atoms with E-state index in [9.17, 15) is 0 Å². The number of thioether (sulfide) groups is 1. The first kappa shape index (κ1) is 8.96. The van der Waals surface area contributed by atoms with Crippen LogP contribution in [0, 0.1) is 0 Å². The van der Waals surface area contributed by atoms with Gasteiger partial charge in [0.2, 0.25) is 0 Å². The molecular weight excluding hydrogens is 252 g/mol. The Bertz CT molecular complexity index is 453. The predicted octanol–water partition coefficient (Wildman–Crippen LogP) is 1.85. The molecule has 0 aromatic carbocycles. The van der Waals surface area contributed by atoms with Gasteiger partial charge in [-0.1, -0.05) is 11.8 Å². The van der Waals surface area contributed by atoms with Crippen LogP contribution in [0.2, 0.25) is 0 Å². The summed E-state index contributed by atoms with van der Waals surface area (Å²) in [7, 11) is 1.93. The maximum Gasteiger partial charge on any atom is 0.199 e. The van der Waals surface area contributed by atoms with Crippen LogP contribution >= 0.6 is 27.7 Å². The van der Waals surface area contributed by atoms with Crippen LogP contribution in [-0.2, 0) is 7.05 Å². The molecule has 0 fully saturated rings. The van der Waals surface area contributed by atoms with Crippen molar-refractivity contribution < 1.29 is 0 Å². The molecule has 0 aliphatic rings. The zero-order valence-corrected chi connectivity index (χ0v) is 9.55. The number of aryl methyl sites for hydroxylation is 1. The van der Waals surface area contributed by atoms with E-state index < -0.39 is 0 Å². The molecule has 2 heterocycles. The fraction of sp³-hybridized carbons (Fsp3) is 0.286. The monoisotopic (exact) mass is 258 g/mol. The van der Waals surface area contributed by atoms with E-state index >= 15 is 0 Å². The first-order chi connectivity index (χ1) is 6.22. The Morgan fingerprint density at radius 2 is 2.23 bits per heavy atom. The number of rotatable bonds is 1. The highest BCUT2D eigenvalue weighted by Gasteiger charge is 2.08. The first-order valence-electron chi connectivity index (χ1n) is 3.61. The van der Waals surface area contributed by atoms with Gasteiger partial charge in [-0.2, -0.15) is 0 Å². The Balaban J connectivity index is 2.76. The lowest BCUT2D eigenvalue weighted by molar-refractivity contribution is 0.807. The normalized spacial score (nSPS) is 11.0. The second-order valence-corrected chi connectivity index (χ2v) is 4.08. The van der Waals surface area contributed by atoms with Crippen molar-refractivity contribution in [2.45, 2.75) is 5.16 Å². The van der Waals surface area contributed by atoms with Crippen LogP contribution in [0.15, 0.2) is 16.0 Å². The SMILES string of the molecule is CSc1nc2nc(Br)cnc2n1C. The van der Waals surface area contributed by atoms with Crippen LogP contribution in [0.3, 0.4) is 0 Å². The highest BCUT2D eigenvalue weighted by Crippen LogP contribution is 2.18. The van der Waals surface area contributed by atoms with Gasteiger partial charge in [0.25, 0.3) is 0 Å². The lowest BCUT2D eigenvalue weighted by Crippen LogP contribution is -1.91. The van der Waals surface area contributed by atoms with Crippen LogP contribution in [-0.4, -0.2) is 25.8 Å². The van der Waals surface area contributed by atoms with Crippen LogP contribution in [0.5, 0.6) is 0 Å². The minimum atomic E-state index is 0.682. The molecule has 0 bridgehead atoms. The van der Waals surface area contributed by atoms with Crippen molar-refractivity contribution in [3.8, 4) is 0 Å². The van der Waals surface area contributed by atoms with E-state index in [4.69, 9.17) is 0 Å². The third-order valence-electron chi connectivity index (χ3n) is 1.69. The second-order valence-electron chi connectivity index (χ2n) is 2.50. The Hall–Kier alpha value is -0.620. The Morgan fingerprint density at radius 1 is 1.46 bits per heavy atom. The van der Waals surface area contributed by atoms with Crippen molar-refractivity contribution in [3.63, 3.8) is 0 Å². The van der Waals surface area contributed by atoms with Gasteiger partial charge in [0.15, 0.2) is 16.5 Å². The van der Waals surface area contributed by atoms with Gasteiger partial charge in [-0.3, -0.25) is 0 Å². The molecule has 0 saturated heterocycles. The van der Waals surface area contributed by atoms with Gasteiger partial charge in [0.05, 0.1) is 6.20 Å². The first-order valence-corrected chi connectivity index (χ1v) is 5.63. The lowest BCUT2D eigenvalue weighted by atomic mass is 10.7. The molecule has 6 heteroatoms. The average molecular weight is 259 g/mol. The zero-order valence-electron chi connectivity index (χ0n) is 7.15. The number of imidazole rings is 1. The number of aromatic nitrogens is 4. The maximum atomic E-state index is 4.31. The van der Waals surface area contributed by atoms with E-state index in [0.717, 1.165) is 10.8 Å². The molecule has 2 rings (SSSR count). The average Bonchev–Trinajstić information content (AvgIpc) is 2.42. The molecule has 0 aliphatic heterocycles. The summed E-state index contributed by atoms with van der Waals surface area (Å²) in [4.78, 5) is 12.8. The quantitative estimate of drug-likeness (QED) is 0.733. The largest absolute Gasteiger partial charge is 0.305 e. The number of hydrogen-bond donors (Lipinski definition) is 0. The molecule has 2 aromatic rings. The van der Waals surface area contributed by atoms with Crippen molar-refractivity contribution in [2.24, 2.45) is 7.05 Å². The highest BCUT2D eigenvalue weighted by molar-refractivity contribution is 9.10. The Labute approximate surface area is 87.9 Å². The fourth-order valence-corrected chi connectivity index (χ4v) is 1.91. The minimum Gasteiger partial charge on any atom is -0.305 e. The summed E-state index contributed by atoms with van der Waals surface area (Å²) in [6.07, 6.45) is 3.66. The summed E-state index contributed by atoms with van der Waals surface area (Å²) in [6.45, 7) is 0. The molecule has 68 valence electrons. The molecule has 0 radical (unpaired) electrons. The van der Waals surface area contributed by atoms with E-state index in [1.807, 2.05) is 17.9 Å². The molecule has 0 saturated carbocycles. The third kappa shape index (κ3) is 1.44. The van der Waals surface area contributed by atoms with Crippen LogP contribution in [0.1, 0.15) is 0 Å². The van der Waals surface area contributed by atoms with E-state index in [0.29, 0.717) is 10.3 Å². The van der Waals surface area contributed by atoms with Gasteiger partial charge < -0.3 is 4.57 Å². The van der Waals surface area contributed by atoms with Crippen molar-refractivity contribution in [1.29, 1.82) is 0 Å². The number of fused-ring (bicyclic) bond motifs is 1. The molecule has 0 spiro atoms. The smallest absolute Gasteiger partial charge is 0.199 e. The molecule has 0 N–H and O–H groups in total. The molecule has 13 heavy (non-hydrogen) atoms. The van der Waals surface area contributed by atoms with Gasteiger partial charge in [0, 0.05) is 7.05 Å². The number of halogens is 1. The second kappa shape index (κ2) is 3.26. The van der Waals surface area contributed by atoms with Gasteiger partial charge >= 0.3 is 0 Å². The predicted molar refractivity (Wildman–Crippen MR) is 55.8 cm³/mol. The molecular formula is C7H7BrN4S. The van der Waals surface area contributed by atoms with Crippen LogP contribution in [0.4, 0.5) is 0 Å². The van der Waals surface area contributed by atoms with Crippen molar-refractivity contribution in [3.05, 3.63) is 10.8 Å².